The van der Waals surface area contributed by atoms with Crippen molar-refractivity contribution in [2.24, 2.45) is 0 Å². The summed E-state index contributed by atoms with van der Waals surface area (Å²) in [5, 5.41) is 4.65. The summed E-state index contributed by atoms with van der Waals surface area (Å²) in [6.07, 6.45) is 2.81. The molecule has 0 N–H and O–H groups in total. The molecule has 1 aliphatic heterocycles. The van der Waals surface area contributed by atoms with Crippen LogP contribution in [0, 0.1) is 6.92 Å². The second kappa shape index (κ2) is 6.17. The monoisotopic (exact) mass is 344 g/mol. The van der Waals surface area contributed by atoms with Crippen LogP contribution in [0.2, 0.25) is 0 Å². The average Bonchev–Trinajstić information content (AvgIpc) is 3.06. The van der Waals surface area contributed by atoms with Gasteiger partial charge in [0, 0.05) is 17.9 Å². The Morgan fingerprint density at radius 2 is 1.85 bits per heavy atom. The van der Waals surface area contributed by atoms with Gasteiger partial charge in [0.2, 0.25) is 5.88 Å². The lowest BCUT2D eigenvalue weighted by atomic mass is 9.78. The van der Waals surface area contributed by atoms with Crippen molar-refractivity contribution >= 4 is 0 Å². The molecule has 0 saturated heterocycles. The summed E-state index contributed by atoms with van der Waals surface area (Å²) in [6, 6.07) is 18.9. The number of hydrogen-bond donors (Lipinski definition) is 0. The van der Waals surface area contributed by atoms with Gasteiger partial charge in [-0.2, -0.15) is 5.10 Å². The number of rotatable bonds is 3. The Morgan fingerprint density at radius 1 is 1.15 bits per heavy atom. The van der Waals surface area contributed by atoms with E-state index in [1.807, 2.05) is 48.1 Å². The molecule has 0 aliphatic carbocycles. The first kappa shape index (κ1) is 16.6. The van der Waals surface area contributed by atoms with E-state index in [-0.39, 0.29) is 5.92 Å². The molecular weight excluding hydrogens is 320 g/mol. The lowest BCUT2D eigenvalue weighted by molar-refractivity contribution is 0.0857. The van der Waals surface area contributed by atoms with Crippen LogP contribution in [0.5, 0.6) is 5.88 Å². The van der Waals surface area contributed by atoms with Crippen molar-refractivity contribution in [3.8, 4) is 11.6 Å². The van der Waals surface area contributed by atoms with Gasteiger partial charge in [-0.05, 0) is 44.0 Å². The molecule has 1 aromatic heterocycles. The molecule has 4 rings (SSSR count). The van der Waals surface area contributed by atoms with Crippen LogP contribution >= 0.6 is 0 Å². The third-order valence-corrected chi connectivity index (χ3v) is 5.43. The smallest absolute Gasteiger partial charge is 0.221 e. The van der Waals surface area contributed by atoms with E-state index in [1.165, 1.54) is 11.1 Å². The average molecular weight is 344 g/mol. The molecule has 3 aromatic rings. The van der Waals surface area contributed by atoms with Gasteiger partial charge in [-0.25, -0.2) is 4.68 Å². The van der Waals surface area contributed by atoms with E-state index in [9.17, 15) is 0 Å². The van der Waals surface area contributed by atoms with Gasteiger partial charge < -0.3 is 4.74 Å². The minimum absolute atomic E-state index is 0.235. The number of nitrogens with zero attached hydrogens (tertiary/aromatic N) is 2. The summed E-state index contributed by atoms with van der Waals surface area (Å²) >= 11 is 0. The fourth-order valence-corrected chi connectivity index (χ4v) is 3.56. The fraction of sp³-hybridized carbons (Fsp3) is 0.261. The largest absolute Gasteiger partial charge is 0.466 e. The van der Waals surface area contributed by atoms with Crippen molar-refractivity contribution in [3.63, 3.8) is 0 Å². The predicted molar refractivity (Wildman–Crippen MR) is 105 cm³/mol. The van der Waals surface area contributed by atoms with Gasteiger partial charge in [0.1, 0.15) is 5.60 Å². The highest BCUT2D eigenvalue weighted by Crippen LogP contribution is 2.47. The summed E-state index contributed by atoms with van der Waals surface area (Å²) in [6.45, 7) is 10.5. The molecule has 26 heavy (non-hydrogen) atoms. The SMILES string of the molecule is C=C(C)[C@]1(C)C[C@H](c2ccc(C)cc2)c2cnn(-c3ccccc3)c2O1. The zero-order chi connectivity index (χ0) is 18.3. The van der Waals surface area contributed by atoms with E-state index < -0.39 is 5.60 Å². The first-order valence-electron chi connectivity index (χ1n) is 9.03. The maximum atomic E-state index is 6.48. The summed E-state index contributed by atoms with van der Waals surface area (Å²) in [5.74, 6) is 1.05. The molecule has 2 atom stereocenters. The van der Waals surface area contributed by atoms with Crippen LogP contribution in [0.1, 0.15) is 42.9 Å². The highest BCUT2D eigenvalue weighted by Gasteiger charge is 2.41. The van der Waals surface area contributed by atoms with E-state index in [2.05, 4.69) is 49.8 Å². The maximum Gasteiger partial charge on any atom is 0.221 e. The molecule has 2 aromatic carbocycles. The van der Waals surface area contributed by atoms with Crippen LogP contribution in [0.25, 0.3) is 5.69 Å². The third-order valence-electron chi connectivity index (χ3n) is 5.43. The van der Waals surface area contributed by atoms with Crippen LogP contribution in [-0.2, 0) is 0 Å². The molecule has 0 bridgehead atoms. The maximum absolute atomic E-state index is 6.48. The molecule has 0 amide bonds. The molecule has 0 saturated carbocycles. The van der Waals surface area contributed by atoms with Gasteiger partial charge in [-0.15, -0.1) is 0 Å². The van der Waals surface area contributed by atoms with Gasteiger partial charge in [-0.1, -0.05) is 54.6 Å². The number of aryl methyl sites for hydroxylation is 1. The molecule has 0 spiro atoms. The van der Waals surface area contributed by atoms with Gasteiger partial charge in [0.25, 0.3) is 0 Å². The van der Waals surface area contributed by atoms with Gasteiger partial charge in [0.15, 0.2) is 0 Å². The highest BCUT2D eigenvalue weighted by atomic mass is 16.5. The van der Waals surface area contributed by atoms with Crippen LogP contribution in [-0.4, -0.2) is 15.4 Å². The Labute approximate surface area is 154 Å². The van der Waals surface area contributed by atoms with E-state index in [1.54, 1.807) is 0 Å². The third kappa shape index (κ3) is 2.74. The van der Waals surface area contributed by atoms with E-state index in [4.69, 9.17) is 4.74 Å². The molecule has 0 fully saturated rings. The van der Waals surface area contributed by atoms with E-state index in [0.717, 1.165) is 29.1 Å². The van der Waals surface area contributed by atoms with Crippen molar-refractivity contribution < 1.29 is 4.74 Å². The van der Waals surface area contributed by atoms with Crippen LogP contribution in [0.15, 0.2) is 72.9 Å². The minimum atomic E-state index is -0.422. The summed E-state index contributed by atoms with van der Waals surface area (Å²) in [4.78, 5) is 0. The standard InChI is InChI=1S/C23H24N2O/c1-16(2)23(4)14-20(18-12-10-17(3)11-13-18)21-15-24-25(22(21)26-23)19-8-6-5-7-9-19/h5-13,15,20H,1,14H2,2-4H3/t20-,23+/m1/s1. The van der Waals surface area contributed by atoms with Crippen molar-refractivity contribution in [3.05, 3.63) is 89.6 Å². The fourth-order valence-electron chi connectivity index (χ4n) is 3.56. The normalized spacial score (nSPS) is 21.7. The Hall–Kier alpha value is -2.81. The molecule has 132 valence electrons. The van der Waals surface area contributed by atoms with Gasteiger partial charge in [0.05, 0.1) is 11.9 Å². The molecule has 3 heteroatoms. The van der Waals surface area contributed by atoms with Gasteiger partial charge in [-0.3, -0.25) is 0 Å². The molecular formula is C23H24N2O. The first-order valence-corrected chi connectivity index (χ1v) is 9.03. The Bertz CT molecular complexity index is 940. The van der Waals surface area contributed by atoms with Crippen molar-refractivity contribution in [2.75, 3.05) is 0 Å². The molecule has 2 heterocycles. The summed E-state index contributed by atoms with van der Waals surface area (Å²) in [7, 11) is 0. The number of para-hydroxylation sites is 1. The van der Waals surface area contributed by atoms with Crippen LogP contribution in [0.3, 0.4) is 0 Å². The molecule has 0 unspecified atom stereocenters. The van der Waals surface area contributed by atoms with Gasteiger partial charge >= 0.3 is 0 Å². The zero-order valence-electron chi connectivity index (χ0n) is 15.6. The molecule has 3 nitrogen and oxygen atoms in total. The van der Waals surface area contributed by atoms with Crippen molar-refractivity contribution in [1.29, 1.82) is 0 Å². The van der Waals surface area contributed by atoms with Crippen molar-refractivity contribution in [1.82, 2.24) is 9.78 Å². The van der Waals surface area contributed by atoms with Crippen LogP contribution in [0.4, 0.5) is 0 Å². The number of aromatic nitrogens is 2. The molecule has 0 radical (unpaired) electrons. The quantitative estimate of drug-likeness (QED) is 0.592. The van der Waals surface area contributed by atoms with Crippen LogP contribution < -0.4 is 4.74 Å². The summed E-state index contributed by atoms with van der Waals surface area (Å²) < 4.78 is 8.38. The Balaban J connectivity index is 1.87. The topological polar surface area (TPSA) is 27.1 Å². The zero-order valence-corrected chi connectivity index (χ0v) is 15.6. The minimum Gasteiger partial charge on any atom is -0.466 e. The lowest BCUT2D eigenvalue weighted by Crippen LogP contribution is -2.39. The first-order chi connectivity index (χ1) is 12.5. The van der Waals surface area contributed by atoms with Crippen molar-refractivity contribution in [2.45, 2.75) is 38.7 Å². The second-order valence-electron chi connectivity index (χ2n) is 7.43. The number of ether oxygens (including phenoxy) is 1. The molecule has 1 aliphatic rings. The second-order valence-corrected chi connectivity index (χ2v) is 7.43. The Morgan fingerprint density at radius 3 is 2.50 bits per heavy atom. The van der Waals surface area contributed by atoms with E-state index in [0.29, 0.717) is 0 Å². The summed E-state index contributed by atoms with van der Waals surface area (Å²) in [5.41, 5.74) is 5.30. The predicted octanol–water partition coefficient (Wildman–Crippen LogP) is 5.43. The van der Waals surface area contributed by atoms with E-state index >= 15 is 0 Å². The highest BCUT2D eigenvalue weighted by molar-refractivity contribution is 5.46. The Kier molecular flexibility index (Phi) is 3.95. The number of fused-ring (bicyclic) bond motifs is 1. The number of hydrogen-bond acceptors (Lipinski definition) is 2. The lowest BCUT2D eigenvalue weighted by Gasteiger charge is -2.39. The number of benzene rings is 2.